The fourth-order valence-electron chi connectivity index (χ4n) is 2.25. The topological polar surface area (TPSA) is 38.1 Å². The monoisotopic (exact) mass is 202 g/mol. The summed E-state index contributed by atoms with van der Waals surface area (Å²) in [4.78, 5) is 4.36. The normalized spacial score (nSPS) is 21.3. The summed E-state index contributed by atoms with van der Waals surface area (Å²) in [5, 5.41) is 3.38. The van der Waals surface area contributed by atoms with Gasteiger partial charge in [-0.25, -0.2) is 4.98 Å². The van der Waals surface area contributed by atoms with E-state index in [1.165, 1.54) is 12.0 Å². The van der Waals surface area contributed by atoms with Crippen molar-refractivity contribution in [2.24, 2.45) is 0 Å². The molecule has 3 rings (SSSR count). The predicted molar refractivity (Wildman–Crippen MR) is 59.0 cm³/mol. The van der Waals surface area contributed by atoms with Gasteiger partial charge in [0.1, 0.15) is 5.52 Å². The smallest absolute Gasteiger partial charge is 0.192 e. The van der Waals surface area contributed by atoms with E-state index in [1.54, 1.807) is 0 Å². The zero-order chi connectivity index (χ0) is 10.3. The summed E-state index contributed by atoms with van der Waals surface area (Å²) in [5.41, 5.74) is 3.25. The molecule has 0 saturated carbocycles. The van der Waals surface area contributed by atoms with Crippen LogP contribution < -0.4 is 5.32 Å². The lowest BCUT2D eigenvalue weighted by Gasteiger charge is -2.07. The van der Waals surface area contributed by atoms with E-state index in [0.717, 1.165) is 30.1 Å². The number of oxazole rings is 1. The summed E-state index contributed by atoms with van der Waals surface area (Å²) in [5.74, 6) is 1.39. The minimum absolute atomic E-state index is 0.645. The first-order valence-electron chi connectivity index (χ1n) is 5.41. The van der Waals surface area contributed by atoms with Gasteiger partial charge in [0.2, 0.25) is 0 Å². The molecule has 1 fully saturated rings. The van der Waals surface area contributed by atoms with Crippen molar-refractivity contribution in [3.05, 3.63) is 29.7 Å². The Hall–Kier alpha value is -1.35. The highest BCUT2D eigenvalue weighted by Crippen LogP contribution is 2.25. The van der Waals surface area contributed by atoms with Crippen molar-refractivity contribution in [2.75, 3.05) is 13.1 Å². The molecular weight excluding hydrogens is 188 g/mol. The van der Waals surface area contributed by atoms with Crippen molar-refractivity contribution < 1.29 is 4.42 Å². The maximum atomic E-state index is 5.46. The lowest BCUT2D eigenvalue weighted by Crippen LogP contribution is -2.07. The quantitative estimate of drug-likeness (QED) is 0.770. The molecule has 1 aromatic heterocycles. The van der Waals surface area contributed by atoms with Gasteiger partial charge in [-0.15, -0.1) is 0 Å². The number of hydrogen-bond donors (Lipinski definition) is 1. The van der Waals surface area contributed by atoms with Crippen LogP contribution in [0.4, 0.5) is 0 Å². The summed E-state index contributed by atoms with van der Waals surface area (Å²) < 4.78 is 5.46. The number of rotatable bonds is 1. The van der Waals surface area contributed by atoms with Crippen molar-refractivity contribution >= 4 is 11.1 Å². The third kappa shape index (κ3) is 1.53. The van der Waals surface area contributed by atoms with Crippen molar-refractivity contribution in [1.29, 1.82) is 0 Å². The first-order chi connectivity index (χ1) is 7.33. The molecule has 1 aliphatic rings. The molecule has 3 nitrogen and oxygen atoms in total. The van der Waals surface area contributed by atoms with Gasteiger partial charge < -0.3 is 9.73 Å². The average molecular weight is 202 g/mol. The molecule has 1 aliphatic heterocycles. The Kier molecular flexibility index (Phi) is 1.99. The number of nitrogens with one attached hydrogen (secondary N) is 1. The van der Waals surface area contributed by atoms with Crippen LogP contribution in [0.15, 0.2) is 22.6 Å². The Labute approximate surface area is 88.5 Å². The molecular formula is C12H14N2O. The summed E-state index contributed by atoms with van der Waals surface area (Å²) in [7, 11) is 0. The van der Waals surface area contributed by atoms with Crippen LogP contribution in [0.5, 0.6) is 0 Å². The Morgan fingerprint density at radius 1 is 1.47 bits per heavy atom. The number of nitrogens with zero attached hydrogens (tertiary/aromatic N) is 1. The molecule has 1 saturated heterocycles. The van der Waals surface area contributed by atoms with Gasteiger partial charge in [0.15, 0.2) is 11.5 Å². The third-order valence-corrected chi connectivity index (χ3v) is 3.05. The molecule has 3 heteroatoms. The lowest BCUT2D eigenvalue weighted by molar-refractivity contribution is 0.561. The van der Waals surface area contributed by atoms with Crippen molar-refractivity contribution in [1.82, 2.24) is 10.3 Å². The van der Waals surface area contributed by atoms with E-state index >= 15 is 0 Å². The fraction of sp³-hybridized carbons (Fsp3) is 0.417. The Balaban J connectivity index is 2.04. The van der Waals surface area contributed by atoms with Crippen LogP contribution in [0.2, 0.25) is 0 Å². The van der Waals surface area contributed by atoms with Crippen LogP contribution in [-0.2, 0) is 0 Å². The van der Waals surface area contributed by atoms with E-state index in [2.05, 4.69) is 22.4 Å². The molecule has 0 aliphatic carbocycles. The molecule has 1 atom stereocenters. The van der Waals surface area contributed by atoms with Crippen LogP contribution in [0.25, 0.3) is 11.1 Å². The molecule has 1 aromatic carbocycles. The molecule has 2 heterocycles. The molecule has 0 amide bonds. The third-order valence-electron chi connectivity index (χ3n) is 3.05. The fourth-order valence-corrected chi connectivity index (χ4v) is 2.25. The number of fused-ring (bicyclic) bond motifs is 1. The maximum absolute atomic E-state index is 5.46. The summed E-state index contributed by atoms with van der Waals surface area (Å²) in [6.07, 6.45) is 1.22. The molecule has 1 N–H and O–H groups in total. The van der Waals surface area contributed by atoms with Gasteiger partial charge in [-0.2, -0.15) is 0 Å². The Morgan fingerprint density at radius 2 is 2.40 bits per heavy atom. The first kappa shape index (κ1) is 8.92. The molecule has 0 radical (unpaired) electrons. The van der Waals surface area contributed by atoms with E-state index in [0.29, 0.717) is 5.92 Å². The van der Waals surface area contributed by atoms with Crippen molar-refractivity contribution in [3.8, 4) is 0 Å². The lowest BCUT2D eigenvalue weighted by atomic mass is 9.98. The van der Waals surface area contributed by atoms with Crippen LogP contribution in [0, 0.1) is 6.92 Å². The van der Waals surface area contributed by atoms with Gasteiger partial charge in [-0.3, -0.25) is 0 Å². The minimum atomic E-state index is 0.645. The SMILES string of the molecule is Cc1nc2cc(C3CCNC3)ccc2o1. The standard InChI is InChI=1S/C12H14N2O/c1-8-14-11-6-9(2-3-12(11)15-8)10-4-5-13-7-10/h2-3,6,10,13H,4-5,7H2,1H3. The molecule has 1 unspecified atom stereocenters. The maximum Gasteiger partial charge on any atom is 0.192 e. The number of aryl methyl sites for hydroxylation is 1. The van der Waals surface area contributed by atoms with E-state index in [1.807, 2.05) is 13.0 Å². The molecule has 78 valence electrons. The largest absolute Gasteiger partial charge is 0.441 e. The predicted octanol–water partition coefficient (Wildman–Crippen LogP) is 2.21. The zero-order valence-electron chi connectivity index (χ0n) is 8.79. The molecule has 0 spiro atoms. The highest BCUT2D eigenvalue weighted by molar-refractivity contribution is 5.73. The minimum Gasteiger partial charge on any atom is -0.441 e. The molecule has 2 aromatic rings. The van der Waals surface area contributed by atoms with E-state index in [4.69, 9.17) is 4.42 Å². The highest BCUT2D eigenvalue weighted by atomic mass is 16.3. The summed E-state index contributed by atoms with van der Waals surface area (Å²) in [6, 6.07) is 6.34. The summed E-state index contributed by atoms with van der Waals surface area (Å²) >= 11 is 0. The average Bonchev–Trinajstić information content (AvgIpc) is 2.82. The highest BCUT2D eigenvalue weighted by Gasteiger charge is 2.17. The number of hydrogen-bond acceptors (Lipinski definition) is 3. The summed E-state index contributed by atoms with van der Waals surface area (Å²) in [6.45, 7) is 4.10. The van der Waals surface area contributed by atoms with E-state index < -0.39 is 0 Å². The van der Waals surface area contributed by atoms with Crippen LogP contribution in [0.1, 0.15) is 23.8 Å². The van der Waals surface area contributed by atoms with Gasteiger partial charge >= 0.3 is 0 Å². The second-order valence-electron chi connectivity index (χ2n) is 4.15. The van der Waals surface area contributed by atoms with Crippen LogP contribution >= 0.6 is 0 Å². The molecule has 15 heavy (non-hydrogen) atoms. The van der Waals surface area contributed by atoms with Gasteiger partial charge in [-0.1, -0.05) is 6.07 Å². The van der Waals surface area contributed by atoms with Crippen molar-refractivity contribution in [2.45, 2.75) is 19.3 Å². The van der Waals surface area contributed by atoms with Gasteiger partial charge in [-0.05, 0) is 36.6 Å². The van der Waals surface area contributed by atoms with Gasteiger partial charge in [0.25, 0.3) is 0 Å². The second kappa shape index (κ2) is 3.35. The van der Waals surface area contributed by atoms with Crippen LogP contribution in [-0.4, -0.2) is 18.1 Å². The first-order valence-corrected chi connectivity index (χ1v) is 5.41. The van der Waals surface area contributed by atoms with E-state index in [-0.39, 0.29) is 0 Å². The Morgan fingerprint density at radius 3 is 3.20 bits per heavy atom. The Bertz CT molecular complexity index is 483. The van der Waals surface area contributed by atoms with Gasteiger partial charge in [0.05, 0.1) is 0 Å². The molecule has 0 bridgehead atoms. The van der Waals surface area contributed by atoms with E-state index in [9.17, 15) is 0 Å². The van der Waals surface area contributed by atoms with Gasteiger partial charge in [0, 0.05) is 13.5 Å². The number of benzene rings is 1. The van der Waals surface area contributed by atoms with Crippen molar-refractivity contribution in [3.63, 3.8) is 0 Å². The zero-order valence-corrected chi connectivity index (χ0v) is 8.79. The van der Waals surface area contributed by atoms with Crippen LogP contribution in [0.3, 0.4) is 0 Å². The number of aromatic nitrogens is 1. The second-order valence-corrected chi connectivity index (χ2v) is 4.15.